The Morgan fingerprint density at radius 2 is 1.90 bits per heavy atom. The van der Waals surface area contributed by atoms with Crippen LogP contribution in [0.5, 0.6) is 17.2 Å². The minimum atomic E-state index is -0.295. The summed E-state index contributed by atoms with van der Waals surface area (Å²) in [5.74, 6) is 2.16. The molecular formula is C22H25N3O4S. The van der Waals surface area contributed by atoms with Gasteiger partial charge in [-0.25, -0.2) is 0 Å². The summed E-state index contributed by atoms with van der Waals surface area (Å²) in [4.78, 5) is 16.6. The highest BCUT2D eigenvalue weighted by Crippen LogP contribution is 2.32. The highest BCUT2D eigenvalue weighted by Gasteiger charge is 2.13. The lowest BCUT2D eigenvalue weighted by molar-refractivity contribution is -0.118. The van der Waals surface area contributed by atoms with Crippen LogP contribution in [0.15, 0.2) is 36.4 Å². The highest BCUT2D eigenvalue weighted by atomic mass is 32.1. The molecule has 3 rings (SSSR count). The van der Waals surface area contributed by atoms with Gasteiger partial charge in [0.1, 0.15) is 5.75 Å². The molecule has 0 saturated carbocycles. The lowest BCUT2D eigenvalue weighted by atomic mass is 10.1. The van der Waals surface area contributed by atoms with Crippen molar-refractivity contribution < 1.29 is 19.0 Å². The van der Waals surface area contributed by atoms with Crippen LogP contribution >= 0.6 is 11.5 Å². The lowest BCUT2D eigenvalue weighted by Gasteiger charge is -2.10. The van der Waals surface area contributed by atoms with Crippen LogP contribution in [0.4, 0.5) is 5.13 Å². The summed E-state index contributed by atoms with van der Waals surface area (Å²) in [6, 6.07) is 11.2. The van der Waals surface area contributed by atoms with Crippen molar-refractivity contribution in [1.82, 2.24) is 9.36 Å². The number of benzene rings is 2. The van der Waals surface area contributed by atoms with E-state index in [1.807, 2.05) is 57.2 Å². The topological polar surface area (TPSA) is 82.6 Å². The Bertz CT molecular complexity index is 1020. The first-order valence-corrected chi connectivity index (χ1v) is 10.4. The highest BCUT2D eigenvalue weighted by molar-refractivity contribution is 7.10. The maximum absolute atomic E-state index is 12.2. The molecule has 158 valence electrons. The molecule has 7 nitrogen and oxygen atoms in total. The van der Waals surface area contributed by atoms with Gasteiger partial charge >= 0.3 is 0 Å². The second kappa shape index (κ2) is 10.1. The van der Waals surface area contributed by atoms with E-state index in [1.165, 1.54) is 5.56 Å². The van der Waals surface area contributed by atoms with Crippen molar-refractivity contribution in [2.45, 2.75) is 27.2 Å². The molecule has 0 atom stereocenters. The van der Waals surface area contributed by atoms with Gasteiger partial charge in [0.2, 0.25) is 5.13 Å². The zero-order valence-electron chi connectivity index (χ0n) is 17.5. The third-order valence-electron chi connectivity index (χ3n) is 4.40. The molecule has 30 heavy (non-hydrogen) atoms. The second-order valence-electron chi connectivity index (χ2n) is 6.72. The minimum absolute atomic E-state index is 0.102. The second-order valence-corrected chi connectivity index (χ2v) is 7.47. The number of anilines is 1. The average Bonchev–Trinajstić information content (AvgIpc) is 3.21. The van der Waals surface area contributed by atoms with Crippen molar-refractivity contribution >= 4 is 22.6 Å². The summed E-state index contributed by atoms with van der Waals surface area (Å²) < 4.78 is 21.0. The van der Waals surface area contributed by atoms with E-state index in [9.17, 15) is 4.79 Å². The summed E-state index contributed by atoms with van der Waals surface area (Å²) in [5, 5.41) is 3.13. The number of nitrogens with zero attached hydrogens (tertiary/aromatic N) is 2. The number of aryl methyl sites for hydroxylation is 2. The fraction of sp³-hybridized carbons (Fsp3) is 0.318. The number of amides is 1. The third-order valence-corrected chi connectivity index (χ3v) is 5.03. The summed E-state index contributed by atoms with van der Waals surface area (Å²) in [5.41, 5.74) is 3.07. The van der Waals surface area contributed by atoms with Gasteiger partial charge in [-0.3, -0.25) is 10.1 Å². The van der Waals surface area contributed by atoms with Crippen LogP contribution in [0, 0.1) is 13.8 Å². The fourth-order valence-corrected chi connectivity index (χ4v) is 3.24. The Labute approximate surface area is 180 Å². The van der Waals surface area contributed by atoms with Crippen LogP contribution in [0.25, 0.3) is 11.4 Å². The first kappa shape index (κ1) is 21.6. The molecule has 1 amide bonds. The largest absolute Gasteiger partial charge is 0.493 e. The quantitative estimate of drug-likeness (QED) is 0.536. The van der Waals surface area contributed by atoms with Gasteiger partial charge in [-0.05, 0) is 61.7 Å². The lowest BCUT2D eigenvalue weighted by Crippen LogP contribution is -2.20. The summed E-state index contributed by atoms with van der Waals surface area (Å²) in [6.07, 6.45) is 0.912. The molecule has 8 heteroatoms. The van der Waals surface area contributed by atoms with Gasteiger partial charge in [-0.15, -0.1) is 0 Å². The SMILES string of the molecule is CCCOc1ccc(-c2nsc(NC(=O)COc3ccc(C)c(C)c3)n2)cc1OC. The summed E-state index contributed by atoms with van der Waals surface area (Å²) >= 11 is 1.11. The van der Waals surface area contributed by atoms with E-state index in [0.717, 1.165) is 29.1 Å². The van der Waals surface area contributed by atoms with Gasteiger partial charge in [0.25, 0.3) is 5.91 Å². The Morgan fingerprint density at radius 1 is 1.07 bits per heavy atom. The Balaban J connectivity index is 1.61. The molecule has 0 spiro atoms. The number of hydrogen-bond donors (Lipinski definition) is 1. The van der Waals surface area contributed by atoms with E-state index in [0.29, 0.717) is 34.8 Å². The van der Waals surface area contributed by atoms with E-state index in [1.54, 1.807) is 7.11 Å². The van der Waals surface area contributed by atoms with E-state index >= 15 is 0 Å². The van der Waals surface area contributed by atoms with Gasteiger partial charge < -0.3 is 14.2 Å². The molecule has 0 radical (unpaired) electrons. The number of nitrogens with one attached hydrogen (secondary N) is 1. The number of ether oxygens (including phenoxy) is 3. The molecule has 0 fully saturated rings. The molecule has 1 heterocycles. The van der Waals surface area contributed by atoms with Crippen LogP contribution in [-0.4, -0.2) is 35.6 Å². The van der Waals surface area contributed by atoms with Gasteiger partial charge in [-0.1, -0.05) is 13.0 Å². The number of carbonyl (C=O) groups is 1. The Kier molecular flexibility index (Phi) is 7.24. The van der Waals surface area contributed by atoms with Gasteiger partial charge in [0.05, 0.1) is 13.7 Å². The van der Waals surface area contributed by atoms with Crippen LogP contribution in [-0.2, 0) is 4.79 Å². The summed E-state index contributed by atoms with van der Waals surface area (Å²) in [7, 11) is 1.59. The van der Waals surface area contributed by atoms with Gasteiger partial charge in [0, 0.05) is 17.1 Å². The molecule has 0 unspecified atom stereocenters. The molecule has 0 aliphatic carbocycles. The monoisotopic (exact) mass is 427 g/mol. The molecule has 0 bridgehead atoms. The number of aromatic nitrogens is 2. The van der Waals surface area contributed by atoms with E-state index < -0.39 is 0 Å². The normalized spacial score (nSPS) is 10.5. The Hall–Kier alpha value is -3.13. The predicted octanol–water partition coefficient (Wildman–Crippen LogP) is 4.64. The third kappa shape index (κ3) is 5.48. The minimum Gasteiger partial charge on any atom is -0.493 e. The molecule has 1 N–H and O–H groups in total. The summed E-state index contributed by atoms with van der Waals surface area (Å²) in [6.45, 7) is 6.59. The fourth-order valence-electron chi connectivity index (χ4n) is 2.64. The molecule has 0 aliphatic heterocycles. The number of methoxy groups -OCH3 is 1. The van der Waals surface area contributed by atoms with E-state index in [-0.39, 0.29) is 12.5 Å². The molecule has 1 aromatic heterocycles. The maximum atomic E-state index is 12.2. The van der Waals surface area contributed by atoms with Gasteiger partial charge in [-0.2, -0.15) is 9.36 Å². The van der Waals surface area contributed by atoms with Crippen LogP contribution < -0.4 is 19.5 Å². The van der Waals surface area contributed by atoms with Crippen molar-refractivity contribution in [3.05, 3.63) is 47.5 Å². The van der Waals surface area contributed by atoms with Crippen molar-refractivity contribution in [1.29, 1.82) is 0 Å². The van der Waals surface area contributed by atoms with Crippen LogP contribution in [0.3, 0.4) is 0 Å². The molecule has 0 aliphatic rings. The smallest absolute Gasteiger partial charge is 0.264 e. The molecule has 2 aromatic carbocycles. The van der Waals surface area contributed by atoms with Crippen molar-refractivity contribution in [2.24, 2.45) is 0 Å². The number of rotatable bonds is 9. The van der Waals surface area contributed by atoms with Crippen LogP contribution in [0.2, 0.25) is 0 Å². The van der Waals surface area contributed by atoms with Crippen LogP contribution in [0.1, 0.15) is 24.5 Å². The first-order chi connectivity index (χ1) is 14.5. The van der Waals surface area contributed by atoms with E-state index in [4.69, 9.17) is 14.2 Å². The molecule has 0 saturated heterocycles. The van der Waals surface area contributed by atoms with Gasteiger partial charge in [0.15, 0.2) is 23.9 Å². The first-order valence-electron chi connectivity index (χ1n) is 9.65. The van der Waals surface area contributed by atoms with Crippen molar-refractivity contribution in [3.63, 3.8) is 0 Å². The zero-order chi connectivity index (χ0) is 21.5. The zero-order valence-corrected chi connectivity index (χ0v) is 18.3. The Morgan fingerprint density at radius 3 is 2.63 bits per heavy atom. The predicted molar refractivity (Wildman–Crippen MR) is 118 cm³/mol. The molecular weight excluding hydrogens is 402 g/mol. The standard InChI is InChI=1S/C22H25N3O4S/c1-5-10-28-18-9-7-16(12-19(18)27-4)21-24-22(30-25-21)23-20(26)13-29-17-8-6-14(2)15(3)11-17/h6-9,11-12H,5,10,13H2,1-4H3,(H,23,24,25,26). The van der Waals surface area contributed by atoms with E-state index in [2.05, 4.69) is 14.7 Å². The molecule has 3 aromatic rings. The number of hydrogen-bond acceptors (Lipinski definition) is 7. The van der Waals surface area contributed by atoms with Crippen molar-refractivity contribution in [2.75, 3.05) is 25.6 Å². The number of carbonyl (C=O) groups excluding carboxylic acids is 1. The maximum Gasteiger partial charge on any atom is 0.264 e. The van der Waals surface area contributed by atoms with Crippen molar-refractivity contribution in [3.8, 4) is 28.6 Å². The average molecular weight is 428 g/mol.